The molecule has 0 bridgehead atoms. The molecule has 0 N–H and O–H groups in total. The molecule has 1 saturated heterocycles. The zero-order valence-electron chi connectivity index (χ0n) is 20.4. The minimum absolute atomic E-state index is 0.103. The molecular weight excluding hydrogens is 561 g/mol. The molecule has 3 aromatic rings. The summed E-state index contributed by atoms with van der Waals surface area (Å²) < 4.78 is 61.8. The van der Waals surface area contributed by atoms with E-state index in [0.717, 1.165) is 17.0 Å². The molecule has 1 atom stereocenters. The second-order valence-corrected chi connectivity index (χ2v) is 11.0. The van der Waals surface area contributed by atoms with Gasteiger partial charge in [-0.1, -0.05) is 11.6 Å². The predicted octanol–water partition coefficient (Wildman–Crippen LogP) is 4.66. The van der Waals surface area contributed by atoms with E-state index < -0.39 is 44.1 Å². The average Bonchev–Trinajstić information content (AvgIpc) is 3.11. The lowest BCUT2D eigenvalue weighted by molar-refractivity contribution is -0.119. The van der Waals surface area contributed by atoms with Crippen molar-refractivity contribution in [1.82, 2.24) is 9.88 Å². The van der Waals surface area contributed by atoms with Gasteiger partial charge in [0.15, 0.2) is 0 Å². The van der Waals surface area contributed by atoms with Gasteiger partial charge in [0.05, 0.1) is 16.1 Å². The SMILES string of the molecule is CC1C(=O)N(c2ccc(S(=O)(=O)C(F)(F)F)cc2)C(=O)N1Cc1ccncc1C(=O)N(C)c1ccc(Cl)cc1. The zero-order valence-corrected chi connectivity index (χ0v) is 22.0. The van der Waals surface area contributed by atoms with E-state index in [1.807, 2.05) is 0 Å². The maximum atomic E-state index is 13.3. The Bertz CT molecular complexity index is 1550. The molecule has 0 radical (unpaired) electrons. The van der Waals surface area contributed by atoms with Gasteiger partial charge in [-0.05, 0) is 67.1 Å². The second kappa shape index (κ2) is 10.3. The molecule has 0 spiro atoms. The number of carbonyl (C=O) groups excluding carboxylic acids is 3. The van der Waals surface area contributed by atoms with Crippen LogP contribution in [0.5, 0.6) is 0 Å². The molecule has 0 aliphatic carbocycles. The largest absolute Gasteiger partial charge is 0.501 e. The number of hydrogen-bond donors (Lipinski definition) is 0. The number of pyridine rings is 1. The van der Waals surface area contributed by atoms with E-state index in [2.05, 4.69) is 4.98 Å². The summed E-state index contributed by atoms with van der Waals surface area (Å²) >= 11 is 5.92. The van der Waals surface area contributed by atoms with E-state index in [-0.39, 0.29) is 17.8 Å². The van der Waals surface area contributed by atoms with E-state index in [0.29, 0.717) is 28.4 Å². The summed E-state index contributed by atoms with van der Waals surface area (Å²) in [7, 11) is -4.04. The topological polar surface area (TPSA) is 108 Å². The van der Waals surface area contributed by atoms with Gasteiger partial charge in [0.25, 0.3) is 21.7 Å². The number of halogens is 4. The van der Waals surface area contributed by atoms with Gasteiger partial charge in [-0.2, -0.15) is 13.2 Å². The first-order chi connectivity index (χ1) is 18.2. The third-order valence-electron chi connectivity index (χ3n) is 6.19. The Hall–Kier alpha value is -3.97. The molecule has 4 rings (SSSR count). The summed E-state index contributed by atoms with van der Waals surface area (Å²) in [6, 6.07) is 9.58. The molecular formula is C25H20ClF3N4O5S. The Balaban J connectivity index is 1.59. The number of rotatable bonds is 6. The summed E-state index contributed by atoms with van der Waals surface area (Å²) in [5, 5.41) is 0.494. The van der Waals surface area contributed by atoms with E-state index in [1.165, 1.54) is 35.2 Å². The van der Waals surface area contributed by atoms with Crippen molar-refractivity contribution in [1.29, 1.82) is 0 Å². The summed E-state index contributed by atoms with van der Waals surface area (Å²) in [6.07, 6.45) is 2.77. The molecule has 1 unspecified atom stereocenters. The van der Waals surface area contributed by atoms with Crippen LogP contribution in [0.1, 0.15) is 22.8 Å². The van der Waals surface area contributed by atoms with Crippen LogP contribution in [0.15, 0.2) is 71.9 Å². The van der Waals surface area contributed by atoms with Crippen LogP contribution in [0.4, 0.5) is 29.3 Å². The van der Waals surface area contributed by atoms with Gasteiger partial charge in [0, 0.05) is 36.7 Å². The van der Waals surface area contributed by atoms with Crippen LogP contribution in [0, 0.1) is 0 Å². The molecule has 1 aliphatic heterocycles. The zero-order chi connectivity index (χ0) is 28.7. The Morgan fingerprint density at radius 1 is 1.05 bits per heavy atom. The molecule has 1 aliphatic rings. The number of anilines is 2. The number of aromatic nitrogens is 1. The summed E-state index contributed by atoms with van der Waals surface area (Å²) in [6.45, 7) is 1.31. The minimum Gasteiger partial charge on any atom is -0.311 e. The number of alkyl halides is 3. The highest BCUT2D eigenvalue weighted by molar-refractivity contribution is 7.92. The van der Waals surface area contributed by atoms with E-state index >= 15 is 0 Å². The van der Waals surface area contributed by atoms with Crippen molar-refractivity contribution in [2.45, 2.75) is 29.9 Å². The summed E-state index contributed by atoms with van der Waals surface area (Å²) in [5.41, 5.74) is -4.46. The number of imide groups is 1. The fourth-order valence-electron chi connectivity index (χ4n) is 3.96. The fraction of sp³-hybridized carbons (Fsp3) is 0.200. The lowest BCUT2D eigenvalue weighted by Crippen LogP contribution is -2.35. The maximum absolute atomic E-state index is 13.3. The van der Waals surface area contributed by atoms with E-state index in [4.69, 9.17) is 11.6 Å². The third-order valence-corrected chi connectivity index (χ3v) is 7.95. The van der Waals surface area contributed by atoms with E-state index in [9.17, 15) is 36.0 Å². The number of benzene rings is 2. The number of hydrogen-bond acceptors (Lipinski definition) is 6. The molecule has 14 heteroatoms. The second-order valence-electron chi connectivity index (χ2n) is 8.58. The lowest BCUT2D eigenvalue weighted by Gasteiger charge is -2.23. The molecule has 2 aromatic carbocycles. The van der Waals surface area contributed by atoms with Crippen molar-refractivity contribution in [3.63, 3.8) is 0 Å². The van der Waals surface area contributed by atoms with Crippen molar-refractivity contribution in [3.05, 3.63) is 83.1 Å². The first kappa shape index (κ1) is 28.0. The van der Waals surface area contributed by atoms with Gasteiger partial charge in [-0.3, -0.25) is 14.6 Å². The van der Waals surface area contributed by atoms with Crippen LogP contribution in [-0.4, -0.2) is 54.7 Å². The van der Waals surface area contributed by atoms with Gasteiger partial charge in [-0.15, -0.1) is 0 Å². The molecule has 39 heavy (non-hydrogen) atoms. The smallest absolute Gasteiger partial charge is 0.311 e. The first-order valence-electron chi connectivity index (χ1n) is 11.3. The average molecular weight is 581 g/mol. The molecule has 1 aromatic heterocycles. The van der Waals surface area contributed by atoms with Gasteiger partial charge < -0.3 is 9.80 Å². The number of urea groups is 1. The van der Waals surface area contributed by atoms with Crippen LogP contribution >= 0.6 is 11.6 Å². The van der Waals surface area contributed by atoms with Crippen LogP contribution in [0.3, 0.4) is 0 Å². The van der Waals surface area contributed by atoms with Crippen LogP contribution < -0.4 is 9.80 Å². The van der Waals surface area contributed by atoms with Crippen molar-refractivity contribution in [2.75, 3.05) is 16.8 Å². The predicted molar refractivity (Wildman–Crippen MR) is 136 cm³/mol. The van der Waals surface area contributed by atoms with Crippen molar-refractivity contribution < 1.29 is 36.0 Å². The quantitative estimate of drug-likeness (QED) is 0.392. The third kappa shape index (κ3) is 5.19. The van der Waals surface area contributed by atoms with Crippen LogP contribution in [0.2, 0.25) is 5.02 Å². The standard InChI is InChI=1S/C25H20ClF3N4O5S/c1-15-22(34)33(19-7-9-20(10-8-19)39(37,38)25(27,28)29)24(36)32(15)14-16-11-12-30-13-21(16)23(35)31(2)18-5-3-17(26)4-6-18/h3-13,15H,14H2,1-2H3. The normalized spacial score (nSPS) is 16.1. The minimum atomic E-state index is -5.60. The van der Waals surface area contributed by atoms with Gasteiger partial charge in [-0.25, -0.2) is 18.1 Å². The maximum Gasteiger partial charge on any atom is 0.501 e. The highest BCUT2D eigenvalue weighted by Gasteiger charge is 2.47. The van der Waals surface area contributed by atoms with Crippen LogP contribution in [0.25, 0.3) is 0 Å². The van der Waals surface area contributed by atoms with Crippen molar-refractivity contribution >= 4 is 50.7 Å². The van der Waals surface area contributed by atoms with Gasteiger partial charge >= 0.3 is 11.5 Å². The highest BCUT2D eigenvalue weighted by atomic mass is 35.5. The first-order valence-corrected chi connectivity index (χ1v) is 13.1. The van der Waals surface area contributed by atoms with E-state index in [1.54, 1.807) is 31.3 Å². The Labute approximate surface area is 226 Å². The number of amides is 4. The molecule has 9 nitrogen and oxygen atoms in total. The number of sulfone groups is 1. The van der Waals surface area contributed by atoms with Crippen molar-refractivity contribution in [3.8, 4) is 0 Å². The summed E-state index contributed by atoms with van der Waals surface area (Å²) in [5.74, 6) is -1.10. The fourth-order valence-corrected chi connectivity index (χ4v) is 4.85. The van der Waals surface area contributed by atoms with Crippen LogP contribution in [-0.2, 0) is 21.2 Å². The van der Waals surface area contributed by atoms with Crippen molar-refractivity contribution in [2.24, 2.45) is 0 Å². The Morgan fingerprint density at radius 2 is 1.67 bits per heavy atom. The Kier molecular flexibility index (Phi) is 7.41. The molecule has 2 heterocycles. The molecule has 4 amide bonds. The number of carbonyl (C=O) groups is 3. The molecule has 204 valence electrons. The Morgan fingerprint density at radius 3 is 2.26 bits per heavy atom. The summed E-state index contributed by atoms with van der Waals surface area (Å²) in [4.78, 5) is 45.8. The van der Waals surface area contributed by atoms with Gasteiger partial charge in [0.2, 0.25) is 0 Å². The lowest BCUT2D eigenvalue weighted by atomic mass is 10.1. The van der Waals surface area contributed by atoms with Gasteiger partial charge in [0.1, 0.15) is 6.04 Å². The highest BCUT2D eigenvalue weighted by Crippen LogP contribution is 2.33. The monoisotopic (exact) mass is 580 g/mol. The molecule has 0 saturated carbocycles. The number of nitrogens with zero attached hydrogens (tertiary/aromatic N) is 4. The molecule has 1 fully saturated rings.